The van der Waals surface area contributed by atoms with Crippen LogP contribution in [0.1, 0.15) is 0 Å². The lowest BCUT2D eigenvalue weighted by atomic mass is 10.0. The lowest BCUT2D eigenvalue weighted by Crippen LogP contribution is -2.12. The molecule has 7 heteroatoms. The van der Waals surface area contributed by atoms with Crippen LogP contribution in [0.5, 0.6) is 0 Å². The third-order valence-corrected chi connectivity index (χ3v) is 4.75. The summed E-state index contributed by atoms with van der Waals surface area (Å²) >= 11 is 0. The topological polar surface area (TPSA) is 92.2 Å². The minimum absolute atomic E-state index is 0.255. The van der Waals surface area contributed by atoms with E-state index in [2.05, 4.69) is 25.3 Å². The lowest BCUT2D eigenvalue weighted by Gasteiger charge is -2.05. The summed E-state index contributed by atoms with van der Waals surface area (Å²) in [7, 11) is 1.87. The van der Waals surface area contributed by atoms with E-state index in [1.165, 1.54) is 0 Å². The summed E-state index contributed by atoms with van der Waals surface area (Å²) in [5.74, 6) is 0. The zero-order chi connectivity index (χ0) is 19.1. The smallest absolute Gasteiger partial charge is 0.273 e. The SMILES string of the molecule is Cn1cc(-c2c(-c3cc(-c4ccncc4)n[nH]c3=O)[nH]c3ccccc23)cn1. The Kier molecular flexibility index (Phi) is 3.65. The Balaban J connectivity index is 1.80. The van der Waals surface area contributed by atoms with E-state index in [0.29, 0.717) is 11.3 Å². The van der Waals surface area contributed by atoms with Gasteiger partial charge in [0.15, 0.2) is 0 Å². The molecule has 0 aliphatic heterocycles. The first kappa shape index (κ1) is 16.2. The molecule has 0 aliphatic rings. The number of aromatic amines is 2. The molecule has 5 rings (SSSR count). The molecule has 0 unspecified atom stereocenters. The number of hydrogen-bond donors (Lipinski definition) is 2. The Morgan fingerprint density at radius 3 is 2.64 bits per heavy atom. The first-order chi connectivity index (χ1) is 13.7. The third kappa shape index (κ3) is 2.61. The quantitative estimate of drug-likeness (QED) is 0.511. The highest BCUT2D eigenvalue weighted by atomic mass is 16.1. The fraction of sp³-hybridized carbons (Fsp3) is 0.0476. The minimum Gasteiger partial charge on any atom is -0.354 e. The van der Waals surface area contributed by atoms with Crippen molar-refractivity contribution in [3.05, 3.63) is 77.6 Å². The standard InChI is InChI=1S/C21H16N6O/c1-27-12-14(11-23-27)19-15-4-2-3-5-17(15)24-20(19)16-10-18(25-26-21(16)28)13-6-8-22-9-7-13/h2-12,24H,1H3,(H,26,28). The van der Waals surface area contributed by atoms with Gasteiger partial charge in [-0.1, -0.05) is 18.2 Å². The van der Waals surface area contributed by atoms with Crippen LogP contribution in [0.4, 0.5) is 0 Å². The number of nitrogens with one attached hydrogen (secondary N) is 2. The van der Waals surface area contributed by atoms with Gasteiger partial charge < -0.3 is 4.98 Å². The second-order valence-electron chi connectivity index (χ2n) is 6.56. The van der Waals surface area contributed by atoms with Crippen LogP contribution in [-0.4, -0.2) is 29.9 Å². The van der Waals surface area contributed by atoms with Crippen LogP contribution < -0.4 is 5.56 Å². The molecule has 136 valence electrons. The number of fused-ring (bicyclic) bond motifs is 1. The summed E-state index contributed by atoms with van der Waals surface area (Å²) < 4.78 is 1.75. The molecule has 0 bridgehead atoms. The van der Waals surface area contributed by atoms with Crippen LogP contribution >= 0.6 is 0 Å². The van der Waals surface area contributed by atoms with E-state index in [1.54, 1.807) is 29.3 Å². The van der Waals surface area contributed by atoms with Crippen LogP contribution in [0.3, 0.4) is 0 Å². The summed E-state index contributed by atoms with van der Waals surface area (Å²) in [5, 5.41) is 12.2. The maximum Gasteiger partial charge on any atom is 0.273 e. The van der Waals surface area contributed by atoms with Gasteiger partial charge in [-0.25, -0.2) is 5.10 Å². The highest BCUT2D eigenvalue weighted by Crippen LogP contribution is 2.37. The van der Waals surface area contributed by atoms with Crippen LogP contribution in [0, 0.1) is 0 Å². The molecule has 2 N–H and O–H groups in total. The van der Waals surface area contributed by atoms with Crippen molar-refractivity contribution in [1.29, 1.82) is 0 Å². The van der Waals surface area contributed by atoms with Crippen molar-refractivity contribution in [2.45, 2.75) is 0 Å². The van der Waals surface area contributed by atoms with E-state index < -0.39 is 0 Å². The summed E-state index contributed by atoms with van der Waals surface area (Å²) in [6.45, 7) is 0. The molecule has 0 spiro atoms. The maximum absolute atomic E-state index is 12.7. The average molecular weight is 368 g/mol. The van der Waals surface area contributed by atoms with Gasteiger partial charge >= 0.3 is 0 Å². The summed E-state index contributed by atoms with van der Waals surface area (Å²) in [6.07, 6.45) is 7.15. The first-order valence-electron chi connectivity index (χ1n) is 8.81. The molecule has 1 aromatic carbocycles. The molecular weight excluding hydrogens is 352 g/mol. The zero-order valence-electron chi connectivity index (χ0n) is 15.0. The number of benzene rings is 1. The molecular formula is C21H16N6O. The van der Waals surface area contributed by atoms with Crippen molar-refractivity contribution in [2.24, 2.45) is 7.05 Å². The van der Waals surface area contributed by atoms with Crippen molar-refractivity contribution in [3.63, 3.8) is 0 Å². The number of pyridine rings is 1. The average Bonchev–Trinajstić information content (AvgIpc) is 3.32. The molecule has 4 heterocycles. The number of aryl methyl sites for hydroxylation is 1. The number of H-pyrrole nitrogens is 2. The van der Waals surface area contributed by atoms with Gasteiger partial charge in [-0.2, -0.15) is 10.2 Å². The molecule has 0 radical (unpaired) electrons. The number of hydrogen-bond acceptors (Lipinski definition) is 4. The maximum atomic E-state index is 12.7. The molecule has 4 aromatic heterocycles. The van der Waals surface area contributed by atoms with Crippen molar-refractivity contribution < 1.29 is 0 Å². The second kappa shape index (κ2) is 6.31. The third-order valence-electron chi connectivity index (χ3n) is 4.75. The predicted molar refractivity (Wildman–Crippen MR) is 108 cm³/mol. The van der Waals surface area contributed by atoms with Gasteiger partial charge in [-0.05, 0) is 24.3 Å². The summed E-state index contributed by atoms with van der Waals surface area (Å²) in [4.78, 5) is 20.1. The number of para-hydroxylation sites is 1. The van der Waals surface area contributed by atoms with Crippen LogP contribution in [0.2, 0.25) is 0 Å². The highest BCUT2D eigenvalue weighted by Gasteiger charge is 2.19. The van der Waals surface area contributed by atoms with Crippen molar-refractivity contribution in [3.8, 4) is 33.6 Å². The predicted octanol–water partition coefficient (Wildman–Crippen LogP) is 3.38. The Morgan fingerprint density at radius 2 is 1.86 bits per heavy atom. The van der Waals surface area contributed by atoms with Gasteiger partial charge in [0.1, 0.15) is 0 Å². The normalized spacial score (nSPS) is 11.2. The molecule has 7 nitrogen and oxygen atoms in total. The number of nitrogens with zero attached hydrogens (tertiary/aromatic N) is 4. The van der Waals surface area contributed by atoms with Gasteiger partial charge in [0, 0.05) is 53.2 Å². The van der Waals surface area contributed by atoms with E-state index in [0.717, 1.165) is 33.3 Å². The molecule has 0 saturated heterocycles. The Morgan fingerprint density at radius 1 is 1.04 bits per heavy atom. The van der Waals surface area contributed by atoms with Gasteiger partial charge in [0.25, 0.3) is 5.56 Å². The largest absolute Gasteiger partial charge is 0.354 e. The highest BCUT2D eigenvalue weighted by molar-refractivity contribution is 6.03. The van der Waals surface area contributed by atoms with Crippen LogP contribution in [-0.2, 0) is 7.05 Å². The van der Waals surface area contributed by atoms with Gasteiger partial charge in [0.2, 0.25) is 0 Å². The summed E-state index contributed by atoms with van der Waals surface area (Å²) in [5.41, 5.74) is 5.41. The molecule has 0 fully saturated rings. The lowest BCUT2D eigenvalue weighted by molar-refractivity contribution is 0.768. The molecule has 0 amide bonds. The van der Waals surface area contributed by atoms with E-state index in [9.17, 15) is 4.79 Å². The number of aromatic nitrogens is 6. The molecule has 0 atom stereocenters. The Labute approximate surface area is 159 Å². The van der Waals surface area contributed by atoms with Crippen molar-refractivity contribution in [1.82, 2.24) is 29.9 Å². The molecule has 5 aromatic rings. The monoisotopic (exact) mass is 368 g/mol. The molecule has 0 aliphatic carbocycles. The number of rotatable bonds is 3. The minimum atomic E-state index is -0.255. The van der Waals surface area contributed by atoms with E-state index >= 15 is 0 Å². The Hall–Kier alpha value is -4.00. The van der Waals surface area contributed by atoms with Crippen LogP contribution in [0.25, 0.3) is 44.5 Å². The Bertz CT molecular complexity index is 1350. The van der Waals surface area contributed by atoms with Gasteiger partial charge in [-0.15, -0.1) is 0 Å². The van der Waals surface area contributed by atoms with E-state index in [4.69, 9.17) is 0 Å². The fourth-order valence-corrected chi connectivity index (χ4v) is 3.46. The van der Waals surface area contributed by atoms with E-state index in [1.807, 2.05) is 49.6 Å². The van der Waals surface area contributed by atoms with Crippen molar-refractivity contribution in [2.75, 3.05) is 0 Å². The van der Waals surface area contributed by atoms with Gasteiger partial charge in [-0.3, -0.25) is 14.5 Å². The van der Waals surface area contributed by atoms with Crippen LogP contribution in [0.15, 0.2) is 72.0 Å². The second-order valence-corrected chi connectivity index (χ2v) is 6.56. The first-order valence-corrected chi connectivity index (χ1v) is 8.81. The molecule has 0 saturated carbocycles. The molecule has 28 heavy (non-hydrogen) atoms. The van der Waals surface area contributed by atoms with Gasteiger partial charge in [0.05, 0.1) is 23.1 Å². The summed E-state index contributed by atoms with van der Waals surface area (Å²) in [6, 6.07) is 13.5. The zero-order valence-corrected chi connectivity index (χ0v) is 15.0. The van der Waals surface area contributed by atoms with Crippen molar-refractivity contribution >= 4 is 10.9 Å². The fourth-order valence-electron chi connectivity index (χ4n) is 3.46. The van der Waals surface area contributed by atoms with E-state index in [-0.39, 0.29) is 5.56 Å².